The maximum atomic E-state index is 13.4. The maximum absolute atomic E-state index is 13.4. The Balaban J connectivity index is 1.54. The fourth-order valence-electron chi connectivity index (χ4n) is 2.80. The van der Waals surface area contributed by atoms with Crippen LogP contribution in [0.2, 0.25) is 0 Å². The fraction of sp³-hybridized carbons (Fsp3) is 0.0909. The third-order valence-corrected chi connectivity index (χ3v) is 5.81. The lowest BCUT2D eigenvalue weighted by molar-refractivity contribution is -0.118. The van der Waals surface area contributed by atoms with Gasteiger partial charge in [-0.2, -0.15) is 0 Å². The SMILES string of the molecule is O=C(CSc1nc(-c2ccc(Br)cc2)[nH]c1-c1ccc(F)cc1)NCc1ccco1. The first-order valence-electron chi connectivity index (χ1n) is 9.12. The first kappa shape index (κ1) is 20.4. The second-order valence-electron chi connectivity index (χ2n) is 6.42. The summed E-state index contributed by atoms with van der Waals surface area (Å²) >= 11 is 4.75. The third kappa shape index (κ3) is 5.01. The Morgan fingerprint density at radius 3 is 2.53 bits per heavy atom. The molecule has 0 saturated heterocycles. The number of benzene rings is 2. The molecule has 4 rings (SSSR count). The highest BCUT2D eigenvalue weighted by molar-refractivity contribution is 9.10. The number of aromatic amines is 1. The number of nitrogens with zero attached hydrogens (tertiary/aromatic N) is 1. The number of halogens is 2. The quantitative estimate of drug-likeness (QED) is 0.332. The molecule has 0 radical (unpaired) electrons. The average molecular weight is 486 g/mol. The van der Waals surface area contributed by atoms with Crippen molar-refractivity contribution in [2.45, 2.75) is 11.6 Å². The average Bonchev–Trinajstić information content (AvgIpc) is 3.42. The van der Waals surface area contributed by atoms with Crippen LogP contribution in [0.3, 0.4) is 0 Å². The summed E-state index contributed by atoms with van der Waals surface area (Å²) in [5, 5.41) is 3.49. The molecule has 0 saturated carbocycles. The van der Waals surface area contributed by atoms with E-state index in [1.54, 1.807) is 30.5 Å². The van der Waals surface area contributed by atoms with Crippen molar-refractivity contribution in [2.24, 2.45) is 0 Å². The normalized spacial score (nSPS) is 10.9. The van der Waals surface area contributed by atoms with Crippen molar-refractivity contribution in [3.05, 3.63) is 83.0 Å². The third-order valence-electron chi connectivity index (χ3n) is 4.30. The lowest BCUT2D eigenvalue weighted by Crippen LogP contribution is -2.24. The number of carbonyl (C=O) groups excluding carboxylic acids is 1. The van der Waals surface area contributed by atoms with Crippen LogP contribution in [0.15, 0.2) is 80.8 Å². The highest BCUT2D eigenvalue weighted by Gasteiger charge is 2.16. The smallest absolute Gasteiger partial charge is 0.230 e. The van der Waals surface area contributed by atoms with E-state index in [1.165, 1.54) is 23.9 Å². The molecule has 1 amide bonds. The number of furan rings is 1. The summed E-state index contributed by atoms with van der Waals surface area (Å²) < 4.78 is 19.6. The molecule has 2 aromatic carbocycles. The molecule has 2 N–H and O–H groups in total. The number of imidazole rings is 1. The molecule has 4 aromatic rings. The van der Waals surface area contributed by atoms with Gasteiger partial charge < -0.3 is 14.7 Å². The Labute approximate surface area is 185 Å². The monoisotopic (exact) mass is 485 g/mol. The number of hydrogen-bond acceptors (Lipinski definition) is 4. The minimum atomic E-state index is -0.307. The topological polar surface area (TPSA) is 70.9 Å². The van der Waals surface area contributed by atoms with E-state index in [4.69, 9.17) is 9.40 Å². The zero-order chi connectivity index (χ0) is 20.9. The van der Waals surface area contributed by atoms with Crippen LogP contribution in [0.25, 0.3) is 22.6 Å². The molecular formula is C22H17BrFN3O2S. The van der Waals surface area contributed by atoms with E-state index in [0.717, 1.165) is 21.3 Å². The van der Waals surface area contributed by atoms with Crippen molar-refractivity contribution in [3.8, 4) is 22.6 Å². The van der Waals surface area contributed by atoms with E-state index in [1.807, 2.05) is 24.3 Å². The van der Waals surface area contributed by atoms with E-state index >= 15 is 0 Å². The minimum Gasteiger partial charge on any atom is -0.467 e. The summed E-state index contributed by atoms with van der Waals surface area (Å²) in [5.41, 5.74) is 2.46. The lowest BCUT2D eigenvalue weighted by atomic mass is 10.2. The first-order valence-corrected chi connectivity index (χ1v) is 10.9. The van der Waals surface area contributed by atoms with Gasteiger partial charge in [0.2, 0.25) is 5.91 Å². The Morgan fingerprint density at radius 2 is 1.83 bits per heavy atom. The molecule has 30 heavy (non-hydrogen) atoms. The van der Waals surface area contributed by atoms with Crippen LogP contribution in [0.1, 0.15) is 5.76 Å². The number of thioether (sulfide) groups is 1. The van der Waals surface area contributed by atoms with E-state index in [-0.39, 0.29) is 17.5 Å². The van der Waals surface area contributed by atoms with Crippen LogP contribution in [0.5, 0.6) is 0 Å². The number of carbonyl (C=O) groups is 1. The minimum absolute atomic E-state index is 0.130. The molecule has 0 aliphatic heterocycles. The van der Waals surface area contributed by atoms with Gasteiger partial charge in [-0.3, -0.25) is 4.79 Å². The van der Waals surface area contributed by atoms with Gasteiger partial charge in [-0.25, -0.2) is 9.37 Å². The van der Waals surface area contributed by atoms with Gasteiger partial charge in [-0.05, 0) is 48.5 Å². The van der Waals surface area contributed by atoms with E-state index in [9.17, 15) is 9.18 Å². The van der Waals surface area contributed by atoms with E-state index < -0.39 is 0 Å². The van der Waals surface area contributed by atoms with Gasteiger partial charge in [0.15, 0.2) is 0 Å². The van der Waals surface area contributed by atoms with Gasteiger partial charge in [0.25, 0.3) is 0 Å². The molecule has 0 fully saturated rings. The number of aromatic nitrogens is 2. The molecule has 5 nitrogen and oxygen atoms in total. The number of amides is 1. The number of rotatable bonds is 7. The van der Waals surface area contributed by atoms with E-state index in [0.29, 0.717) is 23.2 Å². The molecular weight excluding hydrogens is 469 g/mol. The Bertz CT molecular complexity index is 1130. The summed E-state index contributed by atoms with van der Waals surface area (Å²) in [6.45, 7) is 0.335. The Hall–Kier alpha value is -2.84. The van der Waals surface area contributed by atoms with Crippen LogP contribution < -0.4 is 5.32 Å². The number of H-pyrrole nitrogens is 1. The van der Waals surface area contributed by atoms with Crippen LogP contribution in [0, 0.1) is 5.82 Å². The number of hydrogen-bond donors (Lipinski definition) is 2. The van der Waals surface area contributed by atoms with Crippen LogP contribution >= 0.6 is 27.7 Å². The van der Waals surface area contributed by atoms with Crippen molar-refractivity contribution in [2.75, 3.05) is 5.75 Å². The zero-order valence-corrected chi connectivity index (χ0v) is 18.1. The summed E-state index contributed by atoms with van der Waals surface area (Å²) in [7, 11) is 0. The van der Waals surface area contributed by atoms with Gasteiger partial charge in [-0.15, -0.1) is 0 Å². The van der Waals surface area contributed by atoms with Crippen LogP contribution in [-0.4, -0.2) is 21.6 Å². The summed E-state index contributed by atoms with van der Waals surface area (Å²) in [5.74, 6) is 1.13. The Kier molecular flexibility index (Phi) is 6.35. The molecule has 0 aliphatic rings. The molecule has 0 bridgehead atoms. The van der Waals surface area contributed by atoms with Gasteiger partial charge in [0.1, 0.15) is 22.4 Å². The summed E-state index contributed by atoms with van der Waals surface area (Å²) in [4.78, 5) is 20.3. The van der Waals surface area contributed by atoms with Crippen molar-refractivity contribution < 1.29 is 13.6 Å². The zero-order valence-electron chi connectivity index (χ0n) is 15.7. The summed E-state index contributed by atoms with van der Waals surface area (Å²) in [6, 6.07) is 17.5. The number of nitrogens with one attached hydrogen (secondary N) is 2. The van der Waals surface area contributed by atoms with Gasteiger partial charge in [0.05, 0.1) is 24.3 Å². The maximum Gasteiger partial charge on any atom is 0.230 e. The standard InChI is InChI=1S/C22H17BrFN3O2S/c23-16-7-3-15(4-8-16)21-26-20(14-5-9-17(24)10-6-14)22(27-21)30-13-19(28)25-12-18-2-1-11-29-18/h1-11H,12-13H2,(H,25,28)(H,26,27). The molecule has 0 spiro atoms. The predicted molar refractivity (Wildman–Crippen MR) is 118 cm³/mol. The van der Waals surface area contributed by atoms with Crippen molar-refractivity contribution in [3.63, 3.8) is 0 Å². The van der Waals surface area contributed by atoms with E-state index in [2.05, 4.69) is 26.2 Å². The van der Waals surface area contributed by atoms with Crippen LogP contribution in [-0.2, 0) is 11.3 Å². The summed E-state index contributed by atoms with van der Waals surface area (Å²) in [6.07, 6.45) is 1.57. The molecule has 152 valence electrons. The molecule has 8 heteroatoms. The van der Waals surface area contributed by atoms with Crippen molar-refractivity contribution >= 4 is 33.6 Å². The van der Waals surface area contributed by atoms with Gasteiger partial charge >= 0.3 is 0 Å². The molecule has 2 heterocycles. The second kappa shape index (κ2) is 9.32. The fourth-order valence-corrected chi connectivity index (χ4v) is 3.91. The molecule has 0 unspecified atom stereocenters. The molecule has 2 aromatic heterocycles. The highest BCUT2D eigenvalue weighted by Crippen LogP contribution is 2.33. The highest BCUT2D eigenvalue weighted by atomic mass is 79.9. The molecule has 0 aliphatic carbocycles. The lowest BCUT2D eigenvalue weighted by Gasteiger charge is -2.04. The molecule has 0 atom stereocenters. The van der Waals surface area contributed by atoms with Crippen molar-refractivity contribution in [1.29, 1.82) is 0 Å². The predicted octanol–water partition coefficient (Wildman–Crippen LogP) is 5.65. The van der Waals surface area contributed by atoms with Gasteiger partial charge in [0, 0.05) is 15.6 Å². The second-order valence-corrected chi connectivity index (χ2v) is 8.30. The Morgan fingerprint density at radius 1 is 1.10 bits per heavy atom. The first-order chi connectivity index (χ1) is 14.6. The van der Waals surface area contributed by atoms with Gasteiger partial charge in [-0.1, -0.05) is 39.8 Å². The van der Waals surface area contributed by atoms with Crippen LogP contribution in [0.4, 0.5) is 4.39 Å². The van der Waals surface area contributed by atoms with Crippen molar-refractivity contribution in [1.82, 2.24) is 15.3 Å². The largest absolute Gasteiger partial charge is 0.467 e.